The van der Waals surface area contributed by atoms with Crippen molar-refractivity contribution in [3.05, 3.63) is 40.4 Å². The Hall–Kier alpha value is -1.82. The third kappa shape index (κ3) is 3.35. The Balaban J connectivity index is 2.03. The van der Waals surface area contributed by atoms with Gasteiger partial charge in [-0.2, -0.15) is 0 Å². The van der Waals surface area contributed by atoms with Crippen LogP contribution in [0.3, 0.4) is 0 Å². The standard InChI is InChI=1S/C13H16N4OS/c1-9(12-4-5-14-8-15-12)17(3)13(18)6-11-7-19-10(2)16-11/h4-5,7-9H,6H2,1-3H3. The molecule has 1 atom stereocenters. The summed E-state index contributed by atoms with van der Waals surface area (Å²) in [5.41, 5.74) is 1.66. The first-order valence-electron chi connectivity index (χ1n) is 6.00. The Labute approximate surface area is 116 Å². The summed E-state index contributed by atoms with van der Waals surface area (Å²) in [4.78, 5) is 26.2. The lowest BCUT2D eigenvalue weighted by molar-refractivity contribution is -0.131. The summed E-state index contributed by atoms with van der Waals surface area (Å²) in [6.45, 7) is 3.89. The van der Waals surface area contributed by atoms with Crippen LogP contribution in [-0.2, 0) is 11.2 Å². The Morgan fingerprint density at radius 3 is 2.89 bits per heavy atom. The van der Waals surface area contributed by atoms with Crippen LogP contribution in [0.5, 0.6) is 0 Å². The van der Waals surface area contributed by atoms with E-state index in [1.807, 2.05) is 25.3 Å². The molecule has 19 heavy (non-hydrogen) atoms. The van der Waals surface area contributed by atoms with Crippen molar-refractivity contribution in [3.8, 4) is 0 Å². The molecule has 0 fully saturated rings. The Morgan fingerprint density at radius 2 is 2.32 bits per heavy atom. The Kier molecular flexibility index (Phi) is 4.21. The van der Waals surface area contributed by atoms with Gasteiger partial charge >= 0.3 is 0 Å². The molecule has 0 saturated heterocycles. The highest BCUT2D eigenvalue weighted by molar-refractivity contribution is 7.09. The maximum Gasteiger partial charge on any atom is 0.228 e. The summed E-state index contributed by atoms with van der Waals surface area (Å²) < 4.78 is 0. The summed E-state index contributed by atoms with van der Waals surface area (Å²) in [7, 11) is 1.79. The lowest BCUT2D eigenvalue weighted by atomic mass is 10.2. The molecule has 0 aliphatic carbocycles. The maximum atomic E-state index is 12.2. The summed E-state index contributed by atoms with van der Waals surface area (Å²) in [6.07, 6.45) is 3.51. The number of carbonyl (C=O) groups is 1. The number of rotatable bonds is 4. The second-order valence-electron chi connectivity index (χ2n) is 4.35. The summed E-state index contributed by atoms with van der Waals surface area (Å²) in [6, 6.07) is 1.75. The maximum absolute atomic E-state index is 12.2. The Morgan fingerprint density at radius 1 is 1.53 bits per heavy atom. The molecule has 1 amide bonds. The van der Waals surface area contributed by atoms with Crippen LogP contribution in [0.15, 0.2) is 24.0 Å². The number of thiazole rings is 1. The molecule has 2 aromatic heterocycles. The molecule has 0 radical (unpaired) electrons. The highest BCUT2D eigenvalue weighted by atomic mass is 32.1. The normalized spacial score (nSPS) is 12.2. The number of aryl methyl sites for hydroxylation is 1. The summed E-state index contributed by atoms with van der Waals surface area (Å²) in [5, 5.41) is 2.91. The monoisotopic (exact) mass is 276 g/mol. The third-order valence-corrected chi connectivity index (χ3v) is 3.83. The lowest BCUT2D eigenvalue weighted by Crippen LogP contribution is -2.31. The van der Waals surface area contributed by atoms with Gasteiger partial charge in [-0.3, -0.25) is 4.79 Å². The predicted molar refractivity (Wildman–Crippen MR) is 73.8 cm³/mol. The van der Waals surface area contributed by atoms with Crippen LogP contribution in [0.2, 0.25) is 0 Å². The lowest BCUT2D eigenvalue weighted by Gasteiger charge is -2.24. The molecule has 0 saturated carbocycles. The van der Waals surface area contributed by atoms with Crippen LogP contribution in [0, 0.1) is 6.92 Å². The molecule has 1 unspecified atom stereocenters. The van der Waals surface area contributed by atoms with Gasteiger partial charge in [0.15, 0.2) is 0 Å². The van der Waals surface area contributed by atoms with E-state index in [9.17, 15) is 4.79 Å². The zero-order valence-electron chi connectivity index (χ0n) is 11.2. The first-order valence-corrected chi connectivity index (χ1v) is 6.88. The van der Waals surface area contributed by atoms with Crippen molar-refractivity contribution in [2.24, 2.45) is 0 Å². The van der Waals surface area contributed by atoms with Gasteiger partial charge in [0.05, 0.1) is 28.9 Å². The summed E-state index contributed by atoms with van der Waals surface area (Å²) >= 11 is 1.56. The van der Waals surface area contributed by atoms with E-state index in [1.54, 1.807) is 29.5 Å². The molecular formula is C13H16N4OS. The molecule has 2 heterocycles. The largest absolute Gasteiger partial charge is 0.337 e. The zero-order chi connectivity index (χ0) is 13.8. The van der Waals surface area contributed by atoms with Crippen molar-refractivity contribution in [1.82, 2.24) is 19.9 Å². The molecule has 2 rings (SSSR count). The molecule has 0 spiro atoms. The minimum absolute atomic E-state index is 0.0383. The smallest absolute Gasteiger partial charge is 0.228 e. The number of likely N-dealkylation sites (N-methyl/N-ethyl adjacent to an activating group) is 1. The van der Waals surface area contributed by atoms with Gasteiger partial charge in [-0.25, -0.2) is 15.0 Å². The van der Waals surface area contributed by atoms with Crippen LogP contribution >= 0.6 is 11.3 Å². The number of aromatic nitrogens is 3. The van der Waals surface area contributed by atoms with Crippen LogP contribution in [0.25, 0.3) is 0 Å². The minimum Gasteiger partial charge on any atom is -0.337 e. The van der Waals surface area contributed by atoms with E-state index in [0.717, 1.165) is 16.4 Å². The second-order valence-corrected chi connectivity index (χ2v) is 5.41. The van der Waals surface area contributed by atoms with E-state index in [1.165, 1.54) is 6.33 Å². The van der Waals surface area contributed by atoms with Crippen LogP contribution in [0.1, 0.15) is 29.4 Å². The molecule has 6 heteroatoms. The second kappa shape index (κ2) is 5.88. The molecule has 0 bridgehead atoms. The number of nitrogens with zero attached hydrogens (tertiary/aromatic N) is 4. The van der Waals surface area contributed by atoms with Gasteiger partial charge in [-0.05, 0) is 19.9 Å². The topological polar surface area (TPSA) is 59.0 Å². The molecule has 0 aromatic carbocycles. The highest BCUT2D eigenvalue weighted by Gasteiger charge is 2.19. The first-order chi connectivity index (χ1) is 9.08. The van der Waals surface area contributed by atoms with Crippen LogP contribution in [0.4, 0.5) is 0 Å². The van der Waals surface area contributed by atoms with Crippen molar-refractivity contribution in [3.63, 3.8) is 0 Å². The van der Waals surface area contributed by atoms with Crippen molar-refractivity contribution >= 4 is 17.2 Å². The number of hydrogen-bond acceptors (Lipinski definition) is 5. The fraction of sp³-hybridized carbons (Fsp3) is 0.385. The first kappa shape index (κ1) is 13.6. The van der Waals surface area contributed by atoms with Crippen LogP contribution in [-0.4, -0.2) is 32.8 Å². The van der Waals surface area contributed by atoms with Crippen molar-refractivity contribution < 1.29 is 4.79 Å². The van der Waals surface area contributed by atoms with E-state index in [4.69, 9.17) is 0 Å². The molecular weight excluding hydrogens is 260 g/mol. The molecule has 5 nitrogen and oxygen atoms in total. The van der Waals surface area contributed by atoms with Crippen molar-refractivity contribution in [2.75, 3.05) is 7.05 Å². The fourth-order valence-electron chi connectivity index (χ4n) is 1.73. The van der Waals surface area contributed by atoms with E-state index in [2.05, 4.69) is 15.0 Å². The van der Waals surface area contributed by atoms with Gasteiger partial charge in [0.25, 0.3) is 0 Å². The number of carbonyl (C=O) groups excluding carboxylic acids is 1. The third-order valence-electron chi connectivity index (χ3n) is 3.01. The van der Waals surface area contributed by atoms with Crippen molar-refractivity contribution in [1.29, 1.82) is 0 Å². The highest BCUT2D eigenvalue weighted by Crippen LogP contribution is 2.17. The Bertz CT molecular complexity index is 555. The minimum atomic E-state index is -0.0739. The van der Waals surface area contributed by atoms with Gasteiger partial charge in [0.2, 0.25) is 5.91 Å². The molecule has 2 aromatic rings. The molecule has 0 aliphatic rings. The average molecular weight is 276 g/mol. The molecule has 0 aliphatic heterocycles. The average Bonchev–Trinajstić information content (AvgIpc) is 2.83. The SMILES string of the molecule is Cc1nc(CC(=O)N(C)C(C)c2ccncn2)cs1. The quantitative estimate of drug-likeness (QED) is 0.857. The van der Waals surface area contributed by atoms with E-state index < -0.39 is 0 Å². The van der Waals surface area contributed by atoms with Gasteiger partial charge in [-0.15, -0.1) is 11.3 Å². The molecule has 0 N–H and O–H groups in total. The predicted octanol–water partition coefficient (Wildman–Crippen LogP) is 2.00. The van der Waals surface area contributed by atoms with Crippen LogP contribution < -0.4 is 0 Å². The number of hydrogen-bond donors (Lipinski definition) is 0. The van der Waals surface area contributed by atoms with Gasteiger partial charge in [0, 0.05) is 18.6 Å². The summed E-state index contributed by atoms with van der Waals surface area (Å²) in [5.74, 6) is 0.0383. The fourth-order valence-corrected chi connectivity index (χ4v) is 2.34. The molecule has 100 valence electrons. The van der Waals surface area contributed by atoms with Gasteiger partial charge in [0.1, 0.15) is 6.33 Å². The van der Waals surface area contributed by atoms with Crippen molar-refractivity contribution in [2.45, 2.75) is 26.3 Å². The van der Waals surface area contributed by atoms with Gasteiger partial charge < -0.3 is 4.90 Å². The zero-order valence-corrected chi connectivity index (χ0v) is 12.0. The van der Waals surface area contributed by atoms with E-state index in [0.29, 0.717) is 6.42 Å². The van der Waals surface area contributed by atoms with E-state index in [-0.39, 0.29) is 11.9 Å². The van der Waals surface area contributed by atoms with E-state index >= 15 is 0 Å². The van der Waals surface area contributed by atoms with Gasteiger partial charge in [-0.1, -0.05) is 0 Å². The number of amides is 1.